The van der Waals surface area contributed by atoms with Gasteiger partial charge in [0.2, 0.25) is 5.91 Å². The molecule has 0 aliphatic carbocycles. The van der Waals surface area contributed by atoms with Gasteiger partial charge in [-0.1, -0.05) is 43.7 Å². The number of nitrogens with zero attached hydrogens (tertiary/aromatic N) is 1. The Morgan fingerprint density at radius 1 is 1.36 bits per heavy atom. The van der Waals surface area contributed by atoms with Crippen molar-refractivity contribution in [1.29, 1.82) is 0 Å². The first-order valence-electron chi connectivity index (χ1n) is 8.20. The monoisotopic (exact) mass is 324 g/mol. The van der Waals surface area contributed by atoms with Crippen LogP contribution in [0.2, 0.25) is 0 Å². The van der Waals surface area contributed by atoms with E-state index in [1.165, 1.54) is 5.56 Å². The van der Waals surface area contributed by atoms with Crippen LogP contribution in [-0.2, 0) is 4.79 Å². The second-order valence-corrected chi connectivity index (χ2v) is 6.33. The van der Waals surface area contributed by atoms with Gasteiger partial charge in [-0.15, -0.1) is 12.4 Å². The van der Waals surface area contributed by atoms with E-state index < -0.39 is 0 Å². The van der Waals surface area contributed by atoms with E-state index in [0.717, 1.165) is 32.4 Å². The summed E-state index contributed by atoms with van der Waals surface area (Å²) in [6, 6.07) is 10.8. The molecule has 1 aliphatic rings. The van der Waals surface area contributed by atoms with E-state index in [1.54, 1.807) is 0 Å². The van der Waals surface area contributed by atoms with Crippen molar-refractivity contribution in [2.45, 2.75) is 51.5 Å². The van der Waals surface area contributed by atoms with Gasteiger partial charge in [-0.25, -0.2) is 0 Å². The van der Waals surface area contributed by atoms with E-state index in [2.05, 4.69) is 42.2 Å². The maximum Gasteiger partial charge on any atom is 0.222 e. The number of nitrogens with two attached hydrogens (primary N) is 1. The fourth-order valence-electron chi connectivity index (χ4n) is 3.32. The van der Waals surface area contributed by atoms with Gasteiger partial charge in [0, 0.05) is 25.6 Å². The van der Waals surface area contributed by atoms with Gasteiger partial charge >= 0.3 is 0 Å². The highest BCUT2D eigenvalue weighted by Crippen LogP contribution is 2.35. The Labute approximate surface area is 140 Å². The molecule has 2 N–H and O–H groups in total. The van der Waals surface area contributed by atoms with Crippen LogP contribution in [0.4, 0.5) is 0 Å². The number of hydrogen-bond donors (Lipinski definition) is 1. The molecule has 0 radical (unpaired) electrons. The van der Waals surface area contributed by atoms with Gasteiger partial charge in [-0.2, -0.15) is 0 Å². The number of benzene rings is 1. The van der Waals surface area contributed by atoms with Crippen molar-refractivity contribution >= 4 is 18.3 Å². The number of carbonyl (C=O) groups is 1. The molecule has 22 heavy (non-hydrogen) atoms. The highest BCUT2D eigenvalue weighted by molar-refractivity contribution is 5.85. The number of carbonyl (C=O) groups excluding carboxylic acids is 1. The summed E-state index contributed by atoms with van der Waals surface area (Å²) in [6.07, 6.45) is 3.57. The fraction of sp³-hybridized carbons (Fsp3) is 0.611. The van der Waals surface area contributed by atoms with Crippen LogP contribution in [0.15, 0.2) is 30.3 Å². The average molecular weight is 325 g/mol. The third kappa shape index (κ3) is 4.99. The molecule has 124 valence electrons. The van der Waals surface area contributed by atoms with Gasteiger partial charge in [0.1, 0.15) is 0 Å². The first kappa shape index (κ1) is 19.0. The molecule has 1 aliphatic heterocycles. The lowest BCUT2D eigenvalue weighted by Crippen LogP contribution is -2.43. The Kier molecular flexibility index (Phi) is 7.91. The molecule has 4 heteroatoms. The van der Waals surface area contributed by atoms with Gasteiger partial charge in [0.15, 0.2) is 0 Å². The highest BCUT2D eigenvalue weighted by Gasteiger charge is 2.30. The minimum atomic E-state index is 0. The lowest BCUT2D eigenvalue weighted by atomic mass is 9.79. The van der Waals surface area contributed by atoms with Crippen molar-refractivity contribution in [1.82, 2.24) is 4.90 Å². The molecule has 1 heterocycles. The van der Waals surface area contributed by atoms with Gasteiger partial charge in [-0.05, 0) is 37.2 Å². The van der Waals surface area contributed by atoms with E-state index in [-0.39, 0.29) is 24.4 Å². The van der Waals surface area contributed by atoms with E-state index >= 15 is 0 Å². The maximum atomic E-state index is 12.3. The fourth-order valence-corrected chi connectivity index (χ4v) is 3.32. The van der Waals surface area contributed by atoms with Crippen molar-refractivity contribution < 1.29 is 4.79 Å². The van der Waals surface area contributed by atoms with E-state index in [0.29, 0.717) is 18.3 Å². The van der Waals surface area contributed by atoms with Crippen LogP contribution in [0.1, 0.15) is 51.0 Å². The summed E-state index contributed by atoms with van der Waals surface area (Å²) in [4.78, 5) is 14.3. The average Bonchev–Trinajstić information content (AvgIpc) is 2.52. The Balaban J connectivity index is 0.00000242. The molecule has 1 aromatic carbocycles. The molecule has 0 bridgehead atoms. The van der Waals surface area contributed by atoms with Crippen LogP contribution in [0.5, 0.6) is 0 Å². The van der Waals surface area contributed by atoms with Crippen molar-refractivity contribution in [2.75, 3.05) is 13.1 Å². The van der Waals surface area contributed by atoms with Crippen LogP contribution in [0.3, 0.4) is 0 Å². The number of amides is 1. The van der Waals surface area contributed by atoms with Gasteiger partial charge in [0.25, 0.3) is 0 Å². The molecule has 0 spiro atoms. The molecule has 1 fully saturated rings. The summed E-state index contributed by atoms with van der Waals surface area (Å²) >= 11 is 0. The Hall–Kier alpha value is -1.06. The van der Waals surface area contributed by atoms with E-state index in [9.17, 15) is 4.79 Å². The first-order chi connectivity index (χ1) is 10.1. The smallest absolute Gasteiger partial charge is 0.222 e. The summed E-state index contributed by atoms with van der Waals surface area (Å²) in [5.41, 5.74) is 7.17. The van der Waals surface area contributed by atoms with Crippen molar-refractivity contribution in [3.8, 4) is 0 Å². The predicted octanol–water partition coefficient (Wildman–Crippen LogP) is 3.58. The summed E-state index contributed by atoms with van der Waals surface area (Å²) in [6.45, 7) is 5.97. The first-order valence-corrected chi connectivity index (χ1v) is 8.20. The zero-order chi connectivity index (χ0) is 15.2. The van der Waals surface area contributed by atoms with Crippen LogP contribution < -0.4 is 5.73 Å². The van der Waals surface area contributed by atoms with Gasteiger partial charge < -0.3 is 10.6 Å². The molecular weight excluding hydrogens is 296 g/mol. The van der Waals surface area contributed by atoms with Gasteiger partial charge in [0.05, 0.1) is 0 Å². The van der Waals surface area contributed by atoms with Gasteiger partial charge in [-0.3, -0.25) is 4.79 Å². The third-order valence-electron chi connectivity index (χ3n) is 4.65. The molecule has 3 unspecified atom stereocenters. The summed E-state index contributed by atoms with van der Waals surface area (Å²) < 4.78 is 0. The molecule has 0 saturated carbocycles. The number of likely N-dealkylation sites (tertiary alicyclic amines) is 1. The molecule has 0 aromatic heterocycles. The molecular formula is C18H29ClN2O. The number of piperidine rings is 1. The predicted molar refractivity (Wildman–Crippen MR) is 94.3 cm³/mol. The largest absolute Gasteiger partial charge is 0.342 e. The summed E-state index contributed by atoms with van der Waals surface area (Å²) in [7, 11) is 0. The van der Waals surface area contributed by atoms with Crippen LogP contribution in [0.25, 0.3) is 0 Å². The van der Waals surface area contributed by atoms with E-state index in [1.807, 2.05) is 6.92 Å². The van der Waals surface area contributed by atoms with Crippen LogP contribution >= 0.6 is 12.4 Å². The van der Waals surface area contributed by atoms with E-state index in [4.69, 9.17) is 5.73 Å². The number of halogens is 1. The highest BCUT2D eigenvalue weighted by atomic mass is 35.5. The lowest BCUT2D eigenvalue weighted by molar-refractivity contribution is -0.133. The lowest BCUT2D eigenvalue weighted by Gasteiger charge is -2.38. The zero-order valence-corrected chi connectivity index (χ0v) is 14.5. The SMILES string of the molecule is CCC1CN(C(=O)CCC(C)N)CCC1c1ccccc1.Cl. The quantitative estimate of drug-likeness (QED) is 0.899. The Morgan fingerprint density at radius 2 is 2.05 bits per heavy atom. The minimum Gasteiger partial charge on any atom is -0.342 e. The second kappa shape index (κ2) is 9.16. The number of rotatable bonds is 5. The molecule has 1 saturated heterocycles. The zero-order valence-electron chi connectivity index (χ0n) is 13.7. The Morgan fingerprint density at radius 3 is 2.64 bits per heavy atom. The van der Waals surface area contributed by atoms with Crippen LogP contribution in [-0.4, -0.2) is 29.9 Å². The summed E-state index contributed by atoms with van der Waals surface area (Å²) in [5, 5.41) is 0. The summed E-state index contributed by atoms with van der Waals surface area (Å²) in [5.74, 6) is 1.44. The van der Waals surface area contributed by atoms with Crippen LogP contribution in [0, 0.1) is 5.92 Å². The third-order valence-corrected chi connectivity index (χ3v) is 4.65. The Bertz CT molecular complexity index is 450. The molecule has 3 atom stereocenters. The molecule has 1 amide bonds. The molecule has 2 rings (SSSR count). The minimum absolute atomic E-state index is 0. The topological polar surface area (TPSA) is 46.3 Å². The number of hydrogen-bond acceptors (Lipinski definition) is 2. The maximum absolute atomic E-state index is 12.3. The van der Waals surface area contributed by atoms with Crippen molar-refractivity contribution in [3.05, 3.63) is 35.9 Å². The molecule has 3 nitrogen and oxygen atoms in total. The molecule has 1 aromatic rings. The van der Waals surface area contributed by atoms with Crippen molar-refractivity contribution in [2.24, 2.45) is 11.7 Å². The van der Waals surface area contributed by atoms with Crippen molar-refractivity contribution in [3.63, 3.8) is 0 Å². The second-order valence-electron chi connectivity index (χ2n) is 6.33. The normalized spacial score (nSPS) is 22.8. The standard InChI is InChI=1S/C18H28N2O.ClH/c1-3-15-13-20(18(21)10-9-14(2)19)12-11-17(15)16-7-5-4-6-8-16;/h4-8,14-15,17H,3,9-13,19H2,1-2H3;1H.